The van der Waals surface area contributed by atoms with E-state index in [1.54, 1.807) is 12.1 Å². The highest BCUT2D eigenvalue weighted by atomic mass is 32.2. The molecule has 5 nitrogen and oxygen atoms in total. The second-order valence-corrected chi connectivity index (χ2v) is 7.68. The molecule has 0 saturated heterocycles. The lowest BCUT2D eigenvalue weighted by Gasteiger charge is -2.30. The number of fused-ring (bicyclic) bond motifs is 1. The van der Waals surface area contributed by atoms with Gasteiger partial charge in [-0.15, -0.1) is 0 Å². The van der Waals surface area contributed by atoms with Crippen LogP contribution in [0.2, 0.25) is 0 Å². The number of hydrogen-bond acceptors (Lipinski definition) is 4. The summed E-state index contributed by atoms with van der Waals surface area (Å²) in [7, 11) is -0.397. The summed E-state index contributed by atoms with van der Waals surface area (Å²) in [6, 6.07) is 11.7. The first-order chi connectivity index (χ1) is 10.5. The van der Waals surface area contributed by atoms with E-state index < -0.39 is 10.0 Å². The molecule has 0 atom stereocenters. The van der Waals surface area contributed by atoms with Crippen molar-refractivity contribution in [1.29, 1.82) is 0 Å². The van der Waals surface area contributed by atoms with Crippen molar-refractivity contribution in [3.05, 3.63) is 48.2 Å². The fourth-order valence-electron chi connectivity index (χ4n) is 2.67. The standard InChI is InChI=1S/C16H19N3O2S/c1-18(2)22(20,21)14-9-10-16(17-12-14)19-11-5-7-13-6-3-4-8-15(13)19/h3-4,6,8-10,12H,5,7,11H2,1-2H3. The van der Waals surface area contributed by atoms with E-state index in [1.807, 2.05) is 12.1 Å². The van der Waals surface area contributed by atoms with Gasteiger partial charge in [-0.1, -0.05) is 18.2 Å². The summed E-state index contributed by atoms with van der Waals surface area (Å²) >= 11 is 0. The fraction of sp³-hybridized carbons (Fsp3) is 0.312. The van der Waals surface area contributed by atoms with Crippen molar-refractivity contribution in [2.24, 2.45) is 0 Å². The van der Waals surface area contributed by atoms with Crippen molar-refractivity contribution >= 4 is 21.5 Å². The molecule has 0 radical (unpaired) electrons. The third-order valence-corrected chi connectivity index (χ3v) is 5.68. The SMILES string of the molecule is CN(C)S(=O)(=O)c1ccc(N2CCCc3ccccc32)nc1. The minimum Gasteiger partial charge on any atom is -0.326 e. The Kier molecular flexibility index (Phi) is 3.88. The van der Waals surface area contributed by atoms with Gasteiger partial charge in [0.1, 0.15) is 10.7 Å². The number of rotatable bonds is 3. The van der Waals surface area contributed by atoms with Crippen molar-refractivity contribution in [3.8, 4) is 0 Å². The first-order valence-corrected chi connectivity index (χ1v) is 8.68. The monoisotopic (exact) mass is 317 g/mol. The van der Waals surface area contributed by atoms with Crippen molar-refractivity contribution < 1.29 is 8.42 Å². The number of benzene rings is 1. The van der Waals surface area contributed by atoms with Crippen LogP contribution in [0.25, 0.3) is 0 Å². The molecule has 6 heteroatoms. The van der Waals surface area contributed by atoms with Gasteiger partial charge in [-0.05, 0) is 36.6 Å². The van der Waals surface area contributed by atoms with Gasteiger partial charge in [0.2, 0.25) is 10.0 Å². The molecule has 0 spiro atoms. The number of anilines is 2. The molecule has 0 N–H and O–H groups in total. The predicted molar refractivity (Wildman–Crippen MR) is 86.9 cm³/mol. The molecule has 22 heavy (non-hydrogen) atoms. The van der Waals surface area contributed by atoms with Crippen molar-refractivity contribution in [2.75, 3.05) is 25.5 Å². The zero-order chi connectivity index (χ0) is 15.7. The van der Waals surface area contributed by atoms with Gasteiger partial charge in [0, 0.05) is 32.5 Å². The third-order valence-electron chi connectivity index (χ3n) is 3.89. The van der Waals surface area contributed by atoms with E-state index in [-0.39, 0.29) is 4.90 Å². The molecular weight excluding hydrogens is 298 g/mol. The Morgan fingerprint density at radius 1 is 1.14 bits per heavy atom. The van der Waals surface area contributed by atoms with Crippen molar-refractivity contribution in [2.45, 2.75) is 17.7 Å². The highest BCUT2D eigenvalue weighted by Crippen LogP contribution is 2.32. The van der Waals surface area contributed by atoms with Crippen LogP contribution in [0.1, 0.15) is 12.0 Å². The smallest absolute Gasteiger partial charge is 0.244 e. The summed E-state index contributed by atoms with van der Waals surface area (Å²) in [4.78, 5) is 6.73. The lowest BCUT2D eigenvalue weighted by atomic mass is 10.0. The van der Waals surface area contributed by atoms with Crippen LogP contribution < -0.4 is 4.90 Å². The van der Waals surface area contributed by atoms with Gasteiger partial charge in [-0.25, -0.2) is 17.7 Å². The molecule has 0 amide bonds. The summed E-state index contributed by atoms with van der Waals surface area (Å²) in [5, 5.41) is 0. The Balaban J connectivity index is 1.95. The van der Waals surface area contributed by atoms with Gasteiger partial charge < -0.3 is 4.90 Å². The molecular formula is C16H19N3O2S. The molecule has 1 aromatic heterocycles. The molecule has 3 rings (SSSR count). The lowest BCUT2D eigenvalue weighted by Crippen LogP contribution is -2.26. The quantitative estimate of drug-likeness (QED) is 0.872. The maximum Gasteiger partial charge on any atom is 0.244 e. The zero-order valence-electron chi connectivity index (χ0n) is 12.7. The van der Waals surface area contributed by atoms with Crippen molar-refractivity contribution in [3.63, 3.8) is 0 Å². The van der Waals surface area contributed by atoms with Gasteiger partial charge in [-0.3, -0.25) is 0 Å². The van der Waals surface area contributed by atoms with E-state index in [4.69, 9.17) is 0 Å². The molecule has 0 saturated carbocycles. The van der Waals surface area contributed by atoms with Crippen LogP contribution in [0.4, 0.5) is 11.5 Å². The maximum absolute atomic E-state index is 12.1. The number of sulfonamides is 1. The molecule has 0 fully saturated rings. The number of aromatic nitrogens is 1. The van der Waals surface area contributed by atoms with E-state index in [1.165, 1.54) is 30.2 Å². The summed E-state index contributed by atoms with van der Waals surface area (Å²) in [5.74, 6) is 0.782. The van der Waals surface area contributed by atoms with Crippen LogP contribution in [0.3, 0.4) is 0 Å². The average molecular weight is 317 g/mol. The Morgan fingerprint density at radius 2 is 1.91 bits per heavy atom. The molecule has 0 aliphatic carbocycles. The van der Waals surface area contributed by atoms with Gasteiger partial charge in [-0.2, -0.15) is 0 Å². The van der Waals surface area contributed by atoms with Gasteiger partial charge >= 0.3 is 0 Å². The Hall–Kier alpha value is -1.92. The average Bonchev–Trinajstić information content (AvgIpc) is 2.54. The predicted octanol–water partition coefficient (Wildman–Crippen LogP) is 2.42. The van der Waals surface area contributed by atoms with Crippen LogP contribution >= 0.6 is 0 Å². The zero-order valence-corrected chi connectivity index (χ0v) is 13.5. The summed E-state index contributed by atoms with van der Waals surface area (Å²) in [5.41, 5.74) is 2.46. The fourth-order valence-corrected chi connectivity index (χ4v) is 3.51. The van der Waals surface area contributed by atoms with Gasteiger partial charge in [0.05, 0.1) is 0 Å². The number of pyridine rings is 1. The summed E-state index contributed by atoms with van der Waals surface area (Å²) in [6.45, 7) is 0.893. The van der Waals surface area contributed by atoms with Crippen LogP contribution in [0, 0.1) is 0 Å². The minimum atomic E-state index is -3.43. The van der Waals surface area contributed by atoms with Crippen LogP contribution in [0.15, 0.2) is 47.5 Å². The van der Waals surface area contributed by atoms with E-state index in [0.29, 0.717) is 0 Å². The third kappa shape index (κ3) is 2.60. The number of para-hydroxylation sites is 1. The maximum atomic E-state index is 12.1. The molecule has 1 aliphatic heterocycles. The van der Waals surface area contributed by atoms with E-state index >= 15 is 0 Å². The number of aryl methyl sites for hydroxylation is 1. The Bertz CT molecular complexity index is 770. The number of nitrogens with zero attached hydrogens (tertiary/aromatic N) is 3. The molecule has 2 aromatic rings. The second-order valence-electron chi connectivity index (χ2n) is 5.52. The molecule has 1 aliphatic rings. The van der Waals surface area contributed by atoms with Gasteiger partial charge in [0.15, 0.2) is 0 Å². The molecule has 0 unspecified atom stereocenters. The molecule has 2 heterocycles. The summed E-state index contributed by atoms with van der Waals surface area (Å²) in [6.07, 6.45) is 3.57. The lowest BCUT2D eigenvalue weighted by molar-refractivity contribution is 0.520. The topological polar surface area (TPSA) is 53.5 Å². The minimum absolute atomic E-state index is 0.214. The first kappa shape index (κ1) is 15.0. The molecule has 0 bridgehead atoms. The normalized spacial score (nSPS) is 15.0. The van der Waals surface area contributed by atoms with Crippen molar-refractivity contribution in [1.82, 2.24) is 9.29 Å². The first-order valence-electron chi connectivity index (χ1n) is 7.24. The van der Waals surface area contributed by atoms with E-state index in [2.05, 4.69) is 22.0 Å². The van der Waals surface area contributed by atoms with Crippen LogP contribution in [-0.4, -0.2) is 38.3 Å². The summed E-state index contributed by atoms with van der Waals surface area (Å²) < 4.78 is 25.4. The van der Waals surface area contributed by atoms with Crippen LogP contribution in [0.5, 0.6) is 0 Å². The molecule has 1 aromatic carbocycles. The van der Waals surface area contributed by atoms with E-state index in [0.717, 1.165) is 30.9 Å². The largest absolute Gasteiger partial charge is 0.326 e. The van der Waals surface area contributed by atoms with Gasteiger partial charge in [0.25, 0.3) is 0 Å². The number of hydrogen-bond donors (Lipinski definition) is 0. The van der Waals surface area contributed by atoms with E-state index in [9.17, 15) is 8.42 Å². The highest BCUT2D eigenvalue weighted by molar-refractivity contribution is 7.89. The Morgan fingerprint density at radius 3 is 2.59 bits per heavy atom. The Labute approximate surface area is 131 Å². The molecule has 116 valence electrons. The van der Waals surface area contributed by atoms with Crippen LogP contribution in [-0.2, 0) is 16.4 Å². The highest BCUT2D eigenvalue weighted by Gasteiger charge is 2.21. The second kappa shape index (κ2) is 5.70.